The number of ether oxygens (including phenoxy) is 1. The second kappa shape index (κ2) is 6.43. The van der Waals surface area contributed by atoms with E-state index in [1.165, 1.54) is 24.3 Å². The standard InChI is InChI=1S/C18H13F2NO4/c1-25-18(24)12-8-9(5-6-13(12)19)7-11-10-3-2-4-14(20)15(10)17(23)21-16(11)22/h2-6,8,11H,7H2,1H3,(H,21,22,23). The summed E-state index contributed by atoms with van der Waals surface area (Å²) in [7, 11) is 1.13. The maximum absolute atomic E-state index is 13.9. The topological polar surface area (TPSA) is 72.5 Å². The molecular formula is C18H13F2NO4. The van der Waals surface area contributed by atoms with Crippen LogP contribution in [0.25, 0.3) is 0 Å². The summed E-state index contributed by atoms with van der Waals surface area (Å²) in [6.07, 6.45) is 0.0693. The smallest absolute Gasteiger partial charge is 0.340 e. The molecule has 0 bridgehead atoms. The maximum Gasteiger partial charge on any atom is 0.340 e. The van der Waals surface area contributed by atoms with Gasteiger partial charge in [0.05, 0.1) is 24.2 Å². The first kappa shape index (κ1) is 16.8. The van der Waals surface area contributed by atoms with Crippen LogP contribution in [0.1, 0.15) is 37.8 Å². The number of amides is 2. The van der Waals surface area contributed by atoms with Gasteiger partial charge in [0.2, 0.25) is 5.91 Å². The summed E-state index contributed by atoms with van der Waals surface area (Å²) in [6, 6.07) is 7.86. The SMILES string of the molecule is COC(=O)c1cc(CC2C(=O)NC(=O)c3c(F)cccc32)ccc1F. The van der Waals surface area contributed by atoms with Gasteiger partial charge in [-0.3, -0.25) is 14.9 Å². The molecule has 2 aromatic carbocycles. The molecule has 1 unspecified atom stereocenters. The minimum Gasteiger partial charge on any atom is -0.465 e. The van der Waals surface area contributed by atoms with Crippen molar-refractivity contribution in [3.05, 3.63) is 70.3 Å². The van der Waals surface area contributed by atoms with Gasteiger partial charge in [0.25, 0.3) is 5.91 Å². The van der Waals surface area contributed by atoms with E-state index in [0.29, 0.717) is 5.56 Å². The molecule has 7 heteroatoms. The Hall–Kier alpha value is -3.09. The maximum atomic E-state index is 13.9. The van der Waals surface area contributed by atoms with Crippen molar-refractivity contribution in [1.29, 1.82) is 0 Å². The van der Waals surface area contributed by atoms with Gasteiger partial charge in [-0.05, 0) is 35.7 Å². The molecular weight excluding hydrogens is 332 g/mol. The van der Waals surface area contributed by atoms with Crippen molar-refractivity contribution in [3.63, 3.8) is 0 Å². The van der Waals surface area contributed by atoms with Crippen molar-refractivity contribution in [2.45, 2.75) is 12.3 Å². The molecule has 1 atom stereocenters. The molecule has 5 nitrogen and oxygen atoms in total. The van der Waals surface area contributed by atoms with Crippen molar-refractivity contribution < 1.29 is 27.9 Å². The summed E-state index contributed by atoms with van der Waals surface area (Å²) in [4.78, 5) is 35.7. The van der Waals surface area contributed by atoms with E-state index >= 15 is 0 Å². The van der Waals surface area contributed by atoms with Crippen molar-refractivity contribution >= 4 is 17.8 Å². The highest BCUT2D eigenvalue weighted by atomic mass is 19.1. The predicted octanol–water partition coefficient (Wildman–Crippen LogP) is 2.35. The van der Waals surface area contributed by atoms with E-state index < -0.39 is 35.3 Å². The van der Waals surface area contributed by atoms with Gasteiger partial charge in [0, 0.05) is 0 Å². The number of rotatable bonds is 3. The van der Waals surface area contributed by atoms with E-state index in [1.54, 1.807) is 0 Å². The molecule has 0 spiro atoms. The summed E-state index contributed by atoms with van der Waals surface area (Å²) >= 11 is 0. The first-order valence-corrected chi connectivity index (χ1v) is 7.42. The number of carbonyl (C=O) groups is 3. The van der Waals surface area contributed by atoms with Crippen LogP contribution in [0, 0.1) is 11.6 Å². The Kier molecular flexibility index (Phi) is 4.31. The number of halogens is 2. The molecule has 1 N–H and O–H groups in total. The molecule has 0 radical (unpaired) electrons. The summed E-state index contributed by atoms with van der Waals surface area (Å²) in [5.41, 5.74) is 0.304. The third-order valence-electron chi connectivity index (χ3n) is 4.08. The van der Waals surface area contributed by atoms with E-state index in [1.807, 2.05) is 0 Å². The van der Waals surface area contributed by atoms with Crippen LogP contribution < -0.4 is 5.32 Å². The van der Waals surface area contributed by atoms with Crippen LogP contribution >= 0.6 is 0 Å². The van der Waals surface area contributed by atoms with Gasteiger partial charge in [0.1, 0.15) is 11.6 Å². The van der Waals surface area contributed by atoms with Gasteiger partial charge in [-0.15, -0.1) is 0 Å². The van der Waals surface area contributed by atoms with Gasteiger partial charge in [-0.2, -0.15) is 0 Å². The number of carbonyl (C=O) groups excluding carboxylic acids is 3. The fourth-order valence-electron chi connectivity index (χ4n) is 2.88. The third kappa shape index (κ3) is 3.00. The molecule has 2 aromatic rings. The lowest BCUT2D eigenvalue weighted by Crippen LogP contribution is -2.41. The summed E-state index contributed by atoms with van der Waals surface area (Å²) in [5.74, 6) is -4.50. The molecule has 0 aliphatic carbocycles. The zero-order valence-electron chi connectivity index (χ0n) is 13.1. The molecule has 0 aromatic heterocycles. The van der Waals surface area contributed by atoms with E-state index in [2.05, 4.69) is 10.1 Å². The van der Waals surface area contributed by atoms with Crippen LogP contribution in [0.15, 0.2) is 36.4 Å². The molecule has 128 valence electrons. The highest BCUT2D eigenvalue weighted by Crippen LogP contribution is 2.30. The first-order chi connectivity index (χ1) is 11.9. The van der Waals surface area contributed by atoms with Gasteiger partial charge < -0.3 is 4.74 Å². The number of nitrogens with one attached hydrogen (secondary N) is 1. The predicted molar refractivity (Wildman–Crippen MR) is 83.1 cm³/mol. The molecule has 0 saturated carbocycles. The minimum atomic E-state index is -0.839. The zero-order chi connectivity index (χ0) is 18.1. The van der Waals surface area contributed by atoms with Crippen LogP contribution in [0.2, 0.25) is 0 Å². The number of fused-ring (bicyclic) bond motifs is 1. The number of esters is 1. The second-order valence-electron chi connectivity index (χ2n) is 5.58. The Balaban J connectivity index is 2.00. The largest absolute Gasteiger partial charge is 0.465 e. The second-order valence-corrected chi connectivity index (χ2v) is 5.58. The Morgan fingerprint density at radius 2 is 1.92 bits per heavy atom. The van der Waals surface area contributed by atoms with E-state index in [0.717, 1.165) is 19.2 Å². The Labute approximate surface area is 141 Å². The number of imide groups is 1. The van der Waals surface area contributed by atoms with Crippen LogP contribution in [0.3, 0.4) is 0 Å². The number of benzene rings is 2. The number of methoxy groups -OCH3 is 1. The lowest BCUT2D eigenvalue weighted by atomic mass is 9.84. The summed E-state index contributed by atoms with van der Waals surface area (Å²) in [6.45, 7) is 0. The number of hydrogen-bond donors (Lipinski definition) is 1. The molecule has 3 rings (SSSR count). The van der Waals surface area contributed by atoms with Crippen molar-refractivity contribution in [3.8, 4) is 0 Å². The van der Waals surface area contributed by atoms with Crippen LogP contribution in [0.4, 0.5) is 8.78 Å². The molecule has 0 saturated heterocycles. The highest BCUT2D eigenvalue weighted by molar-refractivity contribution is 6.11. The average molecular weight is 345 g/mol. The minimum absolute atomic E-state index is 0.0693. The fourth-order valence-corrected chi connectivity index (χ4v) is 2.88. The van der Waals surface area contributed by atoms with E-state index in [4.69, 9.17) is 0 Å². The first-order valence-electron chi connectivity index (χ1n) is 7.42. The Morgan fingerprint density at radius 3 is 2.64 bits per heavy atom. The van der Waals surface area contributed by atoms with E-state index in [9.17, 15) is 23.2 Å². The van der Waals surface area contributed by atoms with Crippen LogP contribution in [-0.4, -0.2) is 24.9 Å². The average Bonchev–Trinajstić information content (AvgIpc) is 2.59. The Morgan fingerprint density at radius 1 is 1.16 bits per heavy atom. The van der Waals surface area contributed by atoms with Crippen molar-refractivity contribution in [2.24, 2.45) is 0 Å². The molecule has 2 amide bonds. The van der Waals surface area contributed by atoms with Gasteiger partial charge >= 0.3 is 5.97 Å². The van der Waals surface area contributed by atoms with E-state index in [-0.39, 0.29) is 23.1 Å². The normalized spacial score (nSPS) is 16.2. The summed E-state index contributed by atoms with van der Waals surface area (Å²) < 4.78 is 32.2. The van der Waals surface area contributed by atoms with Crippen LogP contribution in [-0.2, 0) is 16.0 Å². The monoisotopic (exact) mass is 345 g/mol. The third-order valence-corrected chi connectivity index (χ3v) is 4.08. The molecule has 0 fully saturated rings. The van der Waals surface area contributed by atoms with Gasteiger partial charge in [0.15, 0.2) is 0 Å². The lowest BCUT2D eigenvalue weighted by molar-refractivity contribution is -0.121. The van der Waals surface area contributed by atoms with Crippen molar-refractivity contribution in [2.75, 3.05) is 7.11 Å². The Bertz CT molecular complexity index is 895. The fraction of sp³-hybridized carbons (Fsp3) is 0.167. The highest BCUT2D eigenvalue weighted by Gasteiger charge is 2.34. The van der Waals surface area contributed by atoms with Gasteiger partial charge in [-0.25, -0.2) is 13.6 Å². The molecule has 1 aliphatic heterocycles. The molecule has 25 heavy (non-hydrogen) atoms. The van der Waals surface area contributed by atoms with Crippen LogP contribution in [0.5, 0.6) is 0 Å². The van der Waals surface area contributed by atoms with Crippen molar-refractivity contribution in [1.82, 2.24) is 5.32 Å². The number of hydrogen-bond acceptors (Lipinski definition) is 4. The quantitative estimate of drug-likeness (QED) is 0.685. The summed E-state index contributed by atoms with van der Waals surface area (Å²) in [5, 5.41) is 2.12. The van der Waals surface area contributed by atoms with Gasteiger partial charge in [-0.1, -0.05) is 18.2 Å². The molecule has 1 aliphatic rings. The lowest BCUT2D eigenvalue weighted by Gasteiger charge is -2.24. The molecule has 1 heterocycles. The zero-order valence-corrected chi connectivity index (χ0v) is 13.1.